The second-order valence-electron chi connectivity index (χ2n) is 9.59. The number of carbonyl (C=O) groups excluding carboxylic acids is 1. The van der Waals surface area contributed by atoms with E-state index in [0.29, 0.717) is 24.2 Å². The summed E-state index contributed by atoms with van der Waals surface area (Å²) < 4.78 is 11.0. The van der Waals surface area contributed by atoms with E-state index < -0.39 is 34.8 Å². The third kappa shape index (κ3) is 3.56. The zero-order valence-electron chi connectivity index (χ0n) is 18.0. The molecule has 0 aromatic heterocycles. The number of methoxy groups -OCH3 is 1. The van der Waals surface area contributed by atoms with Crippen LogP contribution in [0.3, 0.4) is 0 Å². The topological polar surface area (TPSA) is 96.2 Å². The lowest BCUT2D eigenvalue weighted by Gasteiger charge is -2.47. The Morgan fingerprint density at radius 2 is 1.72 bits per heavy atom. The van der Waals surface area contributed by atoms with Crippen molar-refractivity contribution in [1.29, 1.82) is 0 Å². The van der Waals surface area contributed by atoms with Gasteiger partial charge < -0.3 is 24.8 Å². The van der Waals surface area contributed by atoms with Gasteiger partial charge in [0.25, 0.3) is 0 Å². The number of esters is 1. The van der Waals surface area contributed by atoms with Crippen molar-refractivity contribution in [3.8, 4) is 5.75 Å². The summed E-state index contributed by atoms with van der Waals surface area (Å²) in [6, 6.07) is 6.53. The summed E-state index contributed by atoms with van der Waals surface area (Å²) in [5.74, 6) is 0.276. The highest BCUT2D eigenvalue weighted by Gasteiger charge is 2.66. The van der Waals surface area contributed by atoms with Crippen molar-refractivity contribution < 1.29 is 29.6 Å². The van der Waals surface area contributed by atoms with Gasteiger partial charge in [-0.05, 0) is 68.7 Å². The fraction of sp³-hybridized carbons (Fsp3) is 0.696. The highest BCUT2D eigenvalue weighted by atomic mass is 16.6. The van der Waals surface area contributed by atoms with Gasteiger partial charge >= 0.3 is 5.97 Å². The molecule has 2 aliphatic carbocycles. The Bertz CT molecular complexity index is 742. The number of rotatable bonds is 4. The molecule has 2 fully saturated rings. The maximum absolute atomic E-state index is 12.9. The van der Waals surface area contributed by atoms with Crippen LogP contribution in [0.1, 0.15) is 63.7 Å². The van der Waals surface area contributed by atoms with E-state index in [1.54, 1.807) is 38.3 Å². The lowest BCUT2D eigenvalue weighted by Crippen LogP contribution is -2.58. The Labute approximate surface area is 172 Å². The van der Waals surface area contributed by atoms with Crippen molar-refractivity contribution in [3.63, 3.8) is 0 Å². The summed E-state index contributed by atoms with van der Waals surface area (Å²) in [7, 11) is 1.55. The molecule has 0 heterocycles. The van der Waals surface area contributed by atoms with Gasteiger partial charge in [-0.25, -0.2) is 4.79 Å². The monoisotopic (exact) mass is 406 g/mol. The number of ether oxygens (including phenoxy) is 2. The molecule has 3 N–H and O–H groups in total. The van der Waals surface area contributed by atoms with Crippen LogP contribution in [0.5, 0.6) is 5.75 Å². The molecule has 6 atom stereocenters. The van der Waals surface area contributed by atoms with Crippen molar-refractivity contribution in [2.75, 3.05) is 7.11 Å². The first-order valence-corrected chi connectivity index (χ1v) is 10.4. The minimum absolute atomic E-state index is 0.00999. The molecule has 6 nitrogen and oxygen atoms in total. The Kier molecular flexibility index (Phi) is 5.75. The van der Waals surface area contributed by atoms with Gasteiger partial charge in [-0.1, -0.05) is 20.8 Å². The Balaban J connectivity index is 1.97. The van der Waals surface area contributed by atoms with Crippen LogP contribution in [0, 0.1) is 17.3 Å². The number of carbonyl (C=O) groups is 1. The molecule has 2 aliphatic rings. The van der Waals surface area contributed by atoms with Crippen LogP contribution in [0.25, 0.3) is 0 Å². The number of hydrogen-bond acceptors (Lipinski definition) is 6. The molecule has 29 heavy (non-hydrogen) atoms. The smallest absolute Gasteiger partial charge is 0.338 e. The third-order valence-electron chi connectivity index (χ3n) is 7.51. The molecule has 3 rings (SSSR count). The molecule has 0 saturated heterocycles. The van der Waals surface area contributed by atoms with Crippen molar-refractivity contribution >= 4 is 5.97 Å². The number of aliphatic hydroxyl groups is 3. The van der Waals surface area contributed by atoms with Gasteiger partial charge in [-0.2, -0.15) is 0 Å². The van der Waals surface area contributed by atoms with E-state index in [9.17, 15) is 20.1 Å². The van der Waals surface area contributed by atoms with Gasteiger partial charge in [0.05, 0.1) is 23.9 Å². The molecule has 0 radical (unpaired) electrons. The molecule has 1 aromatic rings. The Hall–Kier alpha value is -1.63. The van der Waals surface area contributed by atoms with E-state index in [2.05, 4.69) is 13.8 Å². The zero-order valence-corrected chi connectivity index (χ0v) is 18.0. The van der Waals surface area contributed by atoms with Gasteiger partial charge in [0.1, 0.15) is 18.0 Å². The summed E-state index contributed by atoms with van der Waals surface area (Å²) in [4.78, 5) is 12.9. The van der Waals surface area contributed by atoms with E-state index in [4.69, 9.17) is 9.47 Å². The first-order chi connectivity index (χ1) is 13.5. The van der Waals surface area contributed by atoms with Crippen LogP contribution in [0.15, 0.2) is 24.3 Å². The summed E-state index contributed by atoms with van der Waals surface area (Å²) in [5, 5.41) is 33.8. The third-order valence-corrected chi connectivity index (χ3v) is 7.51. The van der Waals surface area contributed by atoms with Crippen molar-refractivity contribution in [2.24, 2.45) is 17.3 Å². The molecule has 2 saturated carbocycles. The van der Waals surface area contributed by atoms with Crippen LogP contribution < -0.4 is 4.74 Å². The number of hydrogen-bond donors (Lipinski definition) is 3. The number of aliphatic hydroxyl groups excluding tert-OH is 1. The SMILES string of the molecule is COc1ccc(C(=O)OC2C(O)C(C)(O)CCC3(O)C(C(C)C)CCC23C)cc1. The molecule has 0 bridgehead atoms. The van der Waals surface area contributed by atoms with Gasteiger partial charge in [-0.3, -0.25) is 0 Å². The van der Waals surface area contributed by atoms with E-state index in [-0.39, 0.29) is 18.3 Å². The normalized spacial score (nSPS) is 39.7. The van der Waals surface area contributed by atoms with E-state index in [1.165, 1.54) is 0 Å². The first-order valence-electron chi connectivity index (χ1n) is 10.4. The standard InChI is InChI=1S/C23H34O6/c1-14(2)17-10-11-21(3)19(18(24)22(4,26)12-13-23(17,21)27)29-20(25)15-6-8-16(28-5)9-7-15/h6-9,14,17-19,24,26-27H,10-13H2,1-5H3. The van der Waals surface area contributed by atoms with Crippen LogP contribution in [0.2, 0.25) is 0 Å². The van der Waals surface area contributed by atoms with Crippen LogP contribution >= 0.6 is 0 Å². The van der Waals surface area contributed by atoms with Gasteiger partial charge in [0.2, 0.25) is 0 Å². The Morgan fingerprint density at radius 1 is 1.10 bits per heavy atom. The fourth-order valence-electron chi connectivity index (χ4n) is 5.45. The van der Waals surface area contributed by atoms with Crippen LogP contribution in [0.4, 0.5) is 0 Å². The predicted octanol–water partition coefficient (Wildman–Crippen LogP) is 2.93. The number of benzene rings is 1. The average molecular weight is 407 g/mol. The second-order valence-corrected chi connectivity index (χ2v) is 9.59. The molecular formula is C23H34O6. The first kappa shape index (κ1) is 22.1. The van der Waals surface area contributed by atoms with Crippen LogP contribution in [-0.4, -0.2) is 51.8 Å². The summed E-state index contributed by atoms with van der Waals surface area (Å²) in [6.07, 6.45) is -0.332. The average Bonchev–Trinajstić information content (AvgIpc) is 2.93. The highest BCUT2D eigenvalue weighted by Crippen LogP contribution is 2.60. The van der Waals surface area contributed by atoms with Gasteiger partial charge in [0, 0.05) is 5.41 Å². The van der Waals surface area contributed by atoms with E-state index >= 15 is 0 Å². The Morgan fingerprint density at radius 3 is 2.28 bits per heavy atom. The largest absolute Gasteiger partial charge is 0.497 e. The summed E-state index contributed by atoms with van der Waals surface area (Å²) in [6.45, 7) is 7.58. The molecule has 0 aliphatic heterocycles. The lowest BCUT2D eigenvalue weighted by molar-refractivity contribution is -0.177. The maximum Gasteiger partial charge on any atom is 0.338 e. The minimum atomic E-state index is -1.46. The maximum atomic E-state index is 12.9. The summed E-state index contributed by atoms with van der Waals surface area (Å²) >= 11 is 0. The molecular weight excluding hydrogens is 372 g/mol. The highest BCUT2D eigenvalue weighted by molar-refractivity contribution is 5.89. The molecule has 6 unspecified atom stereocenters. The fourth-order valence-corrected chi connectivity index (χ4v) is 5.45. The second kappa shape index (κ2) is 7.56. The molecule has 6 heteroatoms. The quantitative estimate of drug-likeness (QED) is 0.666. The predicted molar refractivity (Wildman–Crippen MR) is 109 cm³/mol. The van der Waals surface area contributed by atoms with E-state index in [0.717, 1.165) is 6.42 Å². The molecule has 162 valence electrons. The molecule has 0 amide bonds. The van der Waals surface area contributed by atoms with Crippen molar-refractivity contribution in [2.45, 2.75) is 76.8 Å². The van der Waals surface area contributed by atoms with Crippen molar-refractivity contribution in [3.05, 3.63) is 29.8 Å². The number of fused-ring (bicyclic) bond motifs is 1. The van der Waals surface area contributed by atoms with Crippen molar-refractivity contribution in [1.82, 2.24) is 0 Å². The van der Waals surface area contributed by atoms with Gasteiger partial charge in [0.15, 0.2) is 0 Å². The zero-order chi connectivity index (χ0) is 21.6. The minimum Gasteiger partial charge on any atom is -0.497 e. The molecule has 0 spiro atoms. The molecule has 1 aromatic carbocycles. The lowest BCUT2D eigenvalue weighted by atomic mass is 9.65. The van der Waals surface area contributed by atoms with Crippen LogP contribution in [-0.2, 0) is 4.74 Å². The summed E-state index contributed by atoms with van der Waals surface area (Å²) in [5.41, 5.74) is -3.13. The van der Waals surface area contributed by atoms with E-state index in [1.807, 2.05) is 6.92 Å². The van der Waals surface area contributed by atoms with Gasteiger partial charge in [-0.15, -0.1) is 0 Å².